The highest BCUT2D eigenvalue weighted by atomic mass is 127. The molecule has 20 heavy (non-hydrogen) atoms. The number of halogens is 2. The molecule has 1 unspecified atom stereocenters. The molecule has 0 spiro atoms. The van der Waals surface area contributed by atoms with E-state index >= 15 is 0 Å². The molecule has 0 fully saturated rings. The van der Waals surface area contributed by atoms with Crippen LogP contribution in [0.25, 0.3) is 0 Å². The summed E-state index contributed by atoms with van der Waals surface area (Å²) in [6.07, 6.45) is 2.15. The van der Waals surface area contributed by atoms with E-state index in [9.17, 15) is 0 Å². The van der Waals surface area contributed by atoms with E-state index in [1.165, 1.54) is 19.2 Å². The van der Waals surface area contributed by atoms with E-state index in [4.69, 9.17) is 0 Å². The molecule has 0 saturated heterocycles. The maximum atomic E-state index is 3.68. The van der Waals surface area contributed by atoms with Crippen molar-refractivity contribution < 1.29 is 0 Å². The van der Waals surface area contributed by atoms with Crippen LogP contribution in [0.1, 0.15) is 30.5 Å². The third kappa shape index (κ3) is 4.30. The molecule has 0 aliphatic carbocycles. The molecular formula is C17H19BrIN. The summed E-state index contributed by atoms with van der Waals surface area (Å²) in [5.41, 5.74) is 2.73. The Kier molecular flexibility index (Phi) is 6.52. The Labute approximate surface area is 143 Å². The van der Waals surface area contributed by atoms with Crippen molar-refractivity contribution in [1.29, 1.82) is 0 Å². The average Bonchev–Trinajstić information content (AvgIpc) is 2.46. The molecule has 1 atom stereocenters. The van der Waals surface area contributed by atoms with Crippen LogP contribution in [-0.2, 0) is 6.42 Å². The van der Waals surface area contributed by atoms with E-state index in [1.807, 2.05) is 0 Å². The zero-order valence-electron chi connectivity index (χ0n) is 11.6. The first-order valence-electron chi connectivity index (χ1n) is 6.93. The zero-order valence-corrected chi connectivity index (χ0v) is 15.3. The Morgan fingerprint density at radius 1 is 1.10 bits per heavy atom. The van der Waals surface area contributed by atoms with Gasteiger partial charge >= 0.3 is 0 Å². The van der Waals surface area contributed by atoms with Crippen molar-refractivity contribution >= 4 is 38.5 Å². The molecule has 1 nitrogen and oxygen atoms in total. The van der Waals surface area contributed by atoms with E-state index < -0.39 is 0 Å². The van der Waals surface area contributed by atoms with Gasteiger partial charge in [0.15, 0.2) is 0 Å². The predicted molar refractivity (Wildman–Crippen MR) is 98.0 cm³/mol. The number of rotatable bonds is 6. The monoisotopic (exact) mass is 443 g/mol. The molecule has 2 rings (SSSR count). The summed E-state index contributed by atoms with van der Waals surface area (Å²) in [7, 11) is 0. The molecular weight excluding hydrogens is 425 g/mol. The number of hydrogen-bond donors (Lipinski definition) is 1. The van der Waals surface area contributed by atoms with E-state index in [0.29, 0.717) is 6.04 Å². The number of hydrogen-bond acceptors (Lipinski definition) is 1. The Morgan fingerprint density at radius 2 is 1.80 bits per heavy atom. The molecule has 1 N–H and O–H groups in total. The lowest BCUT2D eigenvalue weighted by Crippen LogP contribution is -2.25. The molecule has 0 saturated carbocycles. The van der Waals surface area contributed by atoms with Crippen molar-refractivity contribution in [3.63, 3.8) is 0 Å². The number of benzene rings is 2. The van der Waals surface area contributed by atoms with Crippen LogP contribution >= 0.6 is 38.5 Å². The van der Waals surface area contributed by atoms with Gasteiger partial charge in [-0.25, -0.2) is 0 Å². The molecule has 0 aliphatic heterocycles. The Bertz CT molecular complexity index is 556. The number of nitrogens with one attached hydrogen (secondary N) is 1. The van der Waals surface area contributed by atoms with Gasteiger partial charge in [0.1, 0.15) is 0 Å². The molecule has 0 aliphatic rings. The minimum Gasteiger partial charge on any atom is -0.310 e. The summed E-state index contributed by atoms with van der Waals surface area (Å²) < 4.78 is 2.51. The molecule has 0 bridgehead atoms. The summed E-state index contributed by atoms with van der Waals surface area (Å²) in [5, 5.41) is 3.68. The SMILES string of the molecule is CCCNC(Cc1ccccc1Br)c1ccccc1I. The van der Waals surface area contributed by atoms with Crippen LogP contribution in [0.2, 0.25) is 0 Å². The van der Waals surface area contributed by atoms with E-state index in [2.05, 4.69) is 99.3 Å². The molecule has 0 heterocycles. The molecule has 2 aromatic carbocycles. The van der Waals surface area contributed by atoms with Gasteiger partial charge < -0.3 is 5.32 Å². The lowest BCUT2D eigenvalue weighted by atomic mass is 9.99. The van der Waals surface area contributed by atoms with E-state index in [0.717, 1.165) is 19.4 Å². The maximum absolute atomic E-state index is 3.68. The summed E-state index contributed by atoms with van der Waals surface area (Å²) >= 11 is 6.08. The predicted octanol–water partition coefficient (Wildman–Crippen LogP) is 5.34. The van der Waals surface area contributed by atoms with E-state index in [-0.39, 0.29) is 0 Å². The van der Waals surface area contributed by atoms with Crippen LogP contribution in [-0.4, -0.2) is 6.54 Å². The standard InChI is InChI=1S/C17H19BrIN/c1-2-11-20-17(14-8-4-6-10-16(14)19)12-13-7-3-5-9-15(13)18/h3-10,17,20H,2,11-12H2,1H3. The van der Waals surface area contributed by atoms with Crippen LogP contribution in [0.4, 0.5) is 0 Å². The van der Waals surface area contributed by atoms with Crippen molar-refractivity contribution in [3.05, 3.63) is 67.7 Å². The van der Waals surface area contributed by atoms with Gasteiger partial charge in [-0.15, -0.1) is 0 Å². The van der Waals surface area contributed by atoms with Gasteiger partial charge in [0.25, 0.3) is 0 Å². The smallest absolute Gasteiger partial charge is 0.0371 e. The Hall–Kier alpha value is -0.390. The first kappa shape index (κ1) is 16.0. The fourth-order valence-corrected chi connectivity index (χ4v) is 3.46. The molecule has 3 heteroatoms. The highest BCUT2D eigenvalue weighted by molar-refractivity contribution is 14.1. The van der Waals surface area contributed by atoms with Gasteiger partial charge in [0.05, 0.1) is 0 Å². The largest absolute Gasteiger partial charge is 0.310 e. The lowest BCUT2D eigenvalue weighted by molar-refractivity contribution is 0.527. The zero-order chi connectivity index (χ0) is 14.4. The van der Waals surface area contributed by atoms with Gasteiger partial charge in [0.2, 0.25) is 0 Å². The van der Waals surface area contributed by atoms with Gasteiger partial charge in [-0.3, -0.25) is 0 Å². The normalized spacial score (nSPS) is 12.3. The van der Waals surface area contributed by atoms with Crippen LogP contribution in [0.15, 0.2) is 53.0 Å². The van der Waals surface area contributed by atoms with Crippen LogP contribution in [0.3, 0.4) is 0 Å². The quantitative estimate of drug-likeness (QED) is 0.594. The Balaban J connectivity index is 2.24. The second-order valence-electron chi connectivity index (χ2n) is 4.82. The molecule has 0 aromatic heterocycles. The fourth-order valence-electron chi connectivity index (χ4n) is 2.25. The van der Waals surface area contributed by atoms with Crippen molar-refractivity contribution in [2.75, 3.05) is 6.54 Å². The average molecular weight is 444 g/mol. The second-order valence-corrected chi connectivity index (χ2v) is 6.84. The second kappa shape index (κ2) is 8.15. The van der Waals surface area contributed by atoms with Crippen molar-refractivity contribution in [2.45, 2.75) is 25.8 Å². The minimum atomic E-state index is 0.363. The van der Waals surface area contributed by atoms with Gasteiger partial charge in [-0.05, 0) is 65.2 Å². The van der Waals surface area contributed by atoms with Gasteiger partial charge in [-0.2, -0.15) is 0 Å². The minimum absolute atomic E-state index is 0.363. The van der Waals surface area contributed by atoms with Gasteiger partial charge in [-0.1, -0.05) is 59.3 Å². The van der Waals surface area contributed by atoms with Crippen molar-refractivity contribution in [1.82, 2.24) is 5.32 Å². The lowest BCUT2D eigenvalue weighted by Gasteiger charge is -2.21. The van der Waals surface area contributed by atoms with Crippen molar-refractivity contribution in [3.8, 4) is 0 Å². The highest BCUT2D eigenvalue weighted by Gasteiger charge is 2.15. The van der Waals surface area contributed by atoms with E-state index in [1.54, 1.807) is 0 Å². The van der Waals surface area contributed by atoms with Crippen LogP contribution < -0.4 is 5.32 Å². The third-order valence-corrected chi connectivity index (χ3v) is 5.06. The van der Waals surface area contributed by atoms with Gasteiger partial charge in [0, 0.05) is 14.1 Å². The summed E-state index contributed by atoms with van der Waals surface area (Å²) in [6, 6.07) is 17.5. The van der Waals surface area contributed by atoms with Crippen LogP contribution in [0, 0.1) is 3.57 Å². The maximum Gasteiger partial charge on any atom is 0.0371 e. The molecule has 0 amide bonds. The highest BCUT2D eigenvalue weighted by Crippen LogP contribution is 2.26. The summed E-state index contributed by atoms with van der Waals surface area (Å²) in [5.74, 6) is 0. The fraction of sp³-hybridized carbons (Fsp3) is 0.294. The molecule has 0 radical (unpaired) electrons. The Morgan fingerprint density at radius 3 is 2.50 bits per heavy atom. The van der Waals surface area contributed by atoms with Crippen LogP contribution in [0.5, 0.6) is 0 Å². The molecule has 2 aromatic rings. The molecule has 106 valence electrons. The topological polar surface area (TPSA) is 12.0 Å². The third-order valence-electron chi connectivity index (χ3n) is 3.30. The van der Waals surface area contributed by atoms with Crippen molar-refractivity contribution in [2.24, 2.45) is 0 Å². The summed E-state index contributed by atoms with van der Waals surface area (Å²) in [4.78, 5) is 0. The first-order valence-corrected chi connectivity index (χ1v) is 8.80. The first-order chi connectivity index (χ1) is 9.72. The summed E-state index contributed by atoms with van der Waals surface area (Å²) in [6.45, 7) is 3.25.